The van der Waals surface area contributed by atoms with Crippen LogP contribution in [0.1, 0.15) is 11.4 Å². The number of imidazole rings is 1. The molecule has 0 aliphatic carbocycles. The molecule has 128 valence electrons. The SMILES string of the molecule is COc1ccc2ccc(NC(=O)N3CCc4c(ncn4C)C3)cc2n1. The van der Waals surface area contributed by atoms with Crippen molar-refractivity contribution in [3.8, 4) is 5.88 Å². The van der Waals surface area contributed by atoms with E-state index in [1.54, 1.807) is 18.3 Å². The second-order valence-corrected chi connectivity index (χ2v) is 6.11. The molecule has 0 fully saturated rings. The molecule has 3 heterocycles. The second kappa shape index (κ2) is 6.08. The number of anilines is 1. The Bertz CT molecular complexity index is 950. The van der Waals surface area contributed by atoms with Gasteiger partial charge in [-0.2, -0.15) is 0 Å². The van der Waals surface area contributed by atoms with Crippen LogP contribution in [0.2, 0.25) is 0 Å². The number of methoxy groups -OCH3 is 1. The molecule has 25 heavy (non-hydrogen) atoms. The molecule has 0 saturated heterocycles. The summed E-state index contributed by atoms with van der Waals surface area (Å²) in [5.41, 5.74) is 3.66. The van der Waals surface area contributed by atoms with Crippen LogP contribution in [-0.2, 0) is 20.0 Å². The summed E-state index contributed by atoms with van der Waals surface area (Å²) in [5.74, 6) is 0.551. The molecule has 0 atom stereocenters. The highest BCUT2D eigenvalue weighted by molar-refractivity contribution is 5.92. The van der Waals surface area contributed by atoms with Gasteiger partial charge in [0.15, 0.2) is 0 Å². The van der Waals surface area contributed by atoms with Crippen molar-refractivity contribution in [3.63, 3.8) is 0 Å². The number of rotatable bonds is 2. The van der Waals surface area contributed by atoms with Crippen LogP contribution in [0.25, 0.3) is 10.9 Å². The molecular formula is C18H19N5O2. The lowest BCUT2D eigenvalue weighted by Gasteiger charge is -2.27. The van der Waals surface area contributed by atoms with E-state index >= 15 is 0 Å². The van der Waals surface area contributed by atoms with E-state index in [1.165, 1.54) is 5.69 Å². The molecule has 0 unspecified atom stereocenters. The van der Waals surface area contributed by atoms with Crippen molar-refractivity contribution in [2.24, 2.45) is 7.05 Å². The molecule has 1 N–H and O–H groups in total. The van der Waals surface area contributed by atoms with Gasteiger partial charge in [0.1, 0.15) is 0 Å². The van der Waals surface area contributed by atoms with E-state index in [0.29, 0.717) is 24.7 Å². The quantitative estimate of drug-likeness (QED) is 0.780. The van der Waals surface area contributed by atoms with Crippen molar-refractivity contribution >= 4 is 22.6 Å². The maximum atomic E-state index is 12.6. The topological polar surface area (TPSA) is 72.3 Å². The summed E-state index contributed by atoms with van der Waals surface area (Å²) < 4.78 is 7.18. The van der Waals surface area contributed by atoms with Crippen LogP contribution in [0.15, 0.2) is 36.7 Å². The number of carbonyl (C=O) groups excluding carboxylic acids is 1. The van der Waals surface area contributed by atoms with E-state index in [4.69, 9.17) is 4.74 Å². The van der Waals surface area contributed by atoms with E-state index in [9.17, 15) is 4.79 Å². The average Bonchev–Trinajstić information content (AvgIpc) is 3.01. The summed E-state index contributed by atoms with van der Waals surface area (Å²) >= 11 is 0. The summed E-state index contributed by atoms with van der Waals surface area (Å²) in [6.45, 7) is 1.21. The summed E-state index contributed by atoms with van der Waals surface area (Å²) in [7, 11) is 3.57. The Hall–Kier alpha value is -3.09. The number of urea groups is 1. The average molecular weight is 337 g/mol. The van der Waals surface area contributed by atoms with Gasteiger partial charge in [0.2, 0.25) is 5.88 Å². The molecule has 7 heteroatoms. The minimum Gasteiger partial charge on any atom is -0.481 e. The van der Waals surface area contributed by atoms with Crippen molar-refractivity contribution in [2.45, 2.75) is 13.0 Å². The van der Waals surface area contributed by atoms with Crippen LogP contribution in [0.5, 0.6) is 5.88 Å². The lowest BCUT2D eigenvalue weighted by atomic mass is 10.1. The number of hydrogen-bond acceptors (Lipinski definition) is 4. The fraction of sp³-hybridized carbons (Fsp3) is 0.278. The summed E-state index contributed by atoms with van der Waals surface area (Å²) in [5, 5.41) is 3.95. The molecular weight excluding hydrogens is 318 g/mol. The Labute approximate surface area is 145 Å². The number of amides is 2. The van der Waals surface area contributed by atoms with Gasteiger partial charge in [-0.15, -0.1) is 0 Å². The van der Waals surface area contributed by atoms with E-state index in [2.05, 4.69) is 15.3 Å². The number of ether oxygens (including phenoxy) is 1. The Balaban J connectivity index is 1.52. The Kier molecular flexibility index (Phi) is 3.76. The van der Waals surface area contributed by atoms with Gasteiger partial charge >= 0.3 is 6.03 Å². The fourth-order valence-electron chi connectivity index (χ4n) is 3.12. The summed E-state index contributed by atoms with van der Waals surface area (Å²) in [6.07, 6.45) is 2.62. The van der Waals surface area contributed by atoms with Crippen molar-refractivity contribution in [1.82, 2.24) is 19.4 Å². The van der Waals surface area contributed by atoms with E-state index in [-0.39, 0.29) is 6.03 Å². The van der Waals surface area contributed by atoms with Gasteiger partial charge in [-0.3, -0.25) is 0 Å². The van der Waals surface area contributed by atoms with Crippen LogP contribution >= 0.6 is 0 Å². The molecule has 2 amide bonds. The van der Waals surface area contributed by atoms with Crippen molar-refractivity contribution in [1.29, 1.82) is 0 Å². The van der Waals surface area contributed by atoms with Gasteiger partial charge in [0.25, 0.3) is 0 Å². The molecule has 0 saturated carbocycles. The van der Waals surface area contributed by atoms with Crippen LogP contribution in [-0.4, -0.2) is 39.1 Å². The van der Waals surface area contributed by atoms with Crippen LogP contribution in [0, 0.1) is 0 Å². The van der Waals surface area contributed by atoms with Crippen LogP contribution < -0.4 is 10.1 Å². The first kappa shape index (κ1) is 15.4. The van der Waals surface area contributed by atoms with Crippen LogP contribution in [0.4, 0.5) is 10.5 Å². The zero-order valence-corrected chi connectivity index (χ0v) is 14.2. The molecule has 0 radical (unpaired) electrons. The number of aromatic nitrogens is 3. The third kappa shape index (κ3) is 2.88. The lowest BCUT2D eigenvalue weighted by molar-refractivity contribution is 0.205. The Morgan fingerprint density at radius 3 is 2.96 bits per heavy atom. The highest BCUT2D eigenvalue weighted by atomic mass is 16.5. The number of aryl methyl sites for hydroxylation is 1. The van der Waals surface area contributed by atoms with Crippen LogP contribution in [0.3, 0.4) is 0 Å². The standard InChI is InChI=1S/C18H19N5O2/c1-22-11-19-15-10-23(8-7-16(15)22)18(24)20-13-5-3-12-4-6-17(25-2)21-14(12)9-13/h3-6,9,11H,7-8,10H2,1-2H3,(H,20,24). The third-order valence-electron chi connectivity index (χ3n) is 4.52. The van der Waals surface area contributed by atoms with E-state index in [0.717, 1.165) is 23.0 Å². The number of hydrogen-bond donors (Lipinski definition) is 1. The lowest BCUT2D eigenvalue weighted by Crippen LogP contribution is -2.39. The first-order valence-corrected chi connectivity index (χ1v) is 8.14. The van der Waals surface area contributed by atoms with Gasteiger partial charge in [-0.25, -0.2) is 14.8 Å². The number of carbonyl (C=O) groups is 1. The molecule has 1 aromatic carbocycles. The zero-order valence-electron chi connectivity index (χ0n) is 14.2. The first-order valence-electron chi connectivity index (χ1n) is 8.14. The highest BCUT2D eigenvalue weighted by Crippen LogP contribution is 2.22. The maximum absolute atomic E-state index is 12.6. The fourth-order valence-corrected chi connectivity index (χ4v) is 3.12. The minimum atomic E-state index is -0.126. The third-order valence-corrected chi connectivity index (χ3v) is 4.52. The molecule has 3 aromatic rings. The second-order valence-electron chi connectivity index (χ2n) is 6.11. The molecule has 7 nitrogen and oxygen atoms in total. The summed E-state index contributed by atoms with van der Waals surface area (Å²) in [6, 6.07) is 9.30. The predicted octanol–water partition coefficient (Wildman–Crippen LogP) is 2.57. The van der Waals surface area contributed by atoms with Crippen molar-refractivity contribution in [3.05, 3.63) is 48.0 Å². The van der Waals surface area contributed by atoms with E-state index in [1.807, 2.05) is 41.9 Å². The smallest absolute Gasteiger partial charge is 0.322 e. The molecule has 2 aromatic heterocycles. The number of nitrogens with zero attached hydrogens (tertiary/aromatic N) is 4. The van der Waals surface area contributed by atoms with Gasteiger partial charge in [-0.1, -0.05) is 6.07 Å². The van der Waals surface area contributed by atoms with Crippen molar-refractivity contribution in [2.75, 3.05) is 19.0 Å². The van der Waals surface area contributed by atoms with Crippen molar-refractivity contribution < 1.29 is 9.53 Å². The first-order chi connectivity index (χ1) is 12.1. The molecule has 1 aliphatic rings. The number of fused-ring (bicyclic) bond motifs is 2. The molecule has 1 aliphatic heterocycles. The van der Waals surface area contributed by atoms with Gasteiger partial charge in [-0.05, 0) is 18.2 Å². The highest BCUT2D eigenvalue weighted by Gasteiger charge is 2.23. The number of nitrogens with one attached hydrogen (secondary N) is 1. The monoisotopic (exact) mass is 337 g/mol. The van der Waals surface area contributed by atoms with Gasteiger partial charge < -0.3 is 19.5 Å². The normalized spacial score (nSPS) is 13.6. The molecule has 0 spiro atoms. The van der Waals surface area contributed by atoms with Gasteiger partial charge in [0, 0.05) is 42.8 Å². The number of benzene rings is 1. The Morgan fingerprint density at radius 2 is 2.12 bits per heavy atom. The molecule has 4 rings (SSSR count). The largest absolute Gasteiger partial charge is 0.481 e. The summed E-state index contributed by atoms with van der Waals surface area (Å²) in [4.78, 5) is 23.1. The predicted molar refractivity (Wildman–Crippen MR) is 94.6 cm³/mol. The maximum Gasteiger partial charge on any atom is 0.322 e. The zero-order chi connectivity index (χ0) is 17.4. The molecule has 0 bridgehead atoms. The van der Waals surface area contributed by atoms with E-state index < -0.39 is 0 Å². The van der Waals surface area contributed by atoms with Gasteiger partial charge in [0.05, 0.1) is 31.2 Å². The number of pyridine rings is 1. The Morgan fingerprint density at radius 1 is 1.28 bits per heavy atom. The minimum absolute atomic E-state index is 0.126.